The van der Waals surface area contributed by atoms with Crippen molar-refractivity contribution in [3.63, 3.8) is 0 Å². The molecule has 3 aromatic rings. The molecule has 0 spiro atoms. The van der Waals surface area contributed by atoms with Crippen molar-refractivity contribution in [2.45, 2.75) is 27.2 Å². The average molecular weight is 381 g/mol. The van der Waals surface area contributed by atoms with Crippen LogP contribution in [0.15, 0.2) is 53.5 Å². The van der Waals surface area contributed by atoms with Crippen LogP contribution < -0.4 is 0 Å². The Morgan fingerprint density at radius 2 is 1.85 bits per heavy atom. The number of rotatable bonds is 5. The van der Waals surface area contributed by atoms with Crippen LogP contribution >= 0.6 is 11.6 Å². The summed E-state index contributed by atoms with van der Waals surface area (Å²) in [5.41, 5.74) is 6.13. The Kier molecular flexibility index (Phi) is 5.47. The third-order valence-corrected chi connectivity index (χ3v) is 4.93. The van der Waals surface area contributed by atoms with E-state index in [9.17, 15) is 4.79 Å². The topological polar surface area (TPSA) is 54.6 Å². The number of carboxylic acid groups (broad SMARTS) is 1. The average Bonchev–Trinajstić information content (AvgIpc) is 2.94. The van der Waals surface area contributed by atoms with Crippen LogP contribution in [0.4, 0.5) is 5.69 Å². The largest absolute Gasteiger partial charge is 0.478 e. The highest BCUT2D eigenvalue weighted by molar-refractivity contribution is 6.33. The third-order valence-electron chi connectivity index (χ3n) is 4.61. The fourth-order valence-corrected chi connectivity index (χ4v) is 3.25. The Labute approximate surface area is 163 Å². The predicted octanol–water partition coefficient (Wildman–Crippen LogP) is 5.76. The van der Waals surface area contributed by atoms with E-state index in [1.807, 2.05) is 6.92 Å². The maximum atomic E-state index is 11.1. The molecule has 0 unspecified atom stereocenters. The predicted molar refractivity (Wildman–Crippen MR) is 110 cm³/mol. The first-order valence-corrected chi connectivity index (χ1v) is 9.13. The number of carbonyl (C=O) groups is 1. The number of halogens is 1. The van der Waals surface area contributed by atoms with Crippen LogP contribution in [0.3, 0.4) is 0 Å². The summed E-state index contributed by atoms with van der Waals surface area (Å²) in [6.45, 7) is 6.23. The number of carboxylic acids is 1. The van der Waals surface area contributed by atoms with E-state index in [1.165, 1.54) is 17.7 Å². The molecule has 0 aliphatic rings. The standard InChI is InChI=1S/C22H21ClN2O2/c1-4-16-5-8-19(9-6-16)25-14(2)11-18(15(25)3)13-24-21-12-17(22(26)27)7-10-20(21)23/h5-13H,4H2,1-3H3,(H,26,27). The molecule has 138 valence electrons. The van der Waals surface area contributed by atoms with Gasteiger partial charge in [0.1, 0.15) is 0 Å². The summed E-state index contributed by atoms with van der Waals surface area (Å²) in [5, 5.41) is 9.55. The molecular weight excluding hydrogens is 360 g/mol. The van der Waals surface area contributed by atoms with Gasteiger partial charge in [0.25, 0.3) is 0 Å². The molecule has 1 aromatic heterocycles. The number of nitrogens with zero attached hydrogens (tertiary/aromatic N) is 2. The third kappa shape index (κ3) is 3.96. The first kappa shape index (κ1) is 18.9. The fourth-order valence-electron chi connectivity index (χ4n) is 3.08. The first-order valence-electron chi connectivity index (χ1n) is 8.76. The molecule has 0 radical (unpaired) electrons. The molecule has 1 N–H and O–H groups in total. The van der Waals surface area contributed by atoms with Gasteiger partial charge < -0.3 is 9.67 Å². The molecule has 0 saturated heterocycles. The van der Waals surface area contributed by atoms with Crippen molar-refractivity contribution < 1.29 is 9.90 Å². The van der Waals surface area contributed by atoms with Crippen molar-refractivity contribution >= 4 is 29.5 Å². The van der Waals surface area contributed by atoms with Gasteiger partial charge in [-0.25, -0.2) is 4.79 Å². The number of hydrogen-bond donors (Lipinski definition) is 1. The molecule has 0 aliphatic heterocycles. The van der Waals surface area contributed by atoms with E-state index in [1.54, 1.807) is 12.3 Å². The van der Waals surface area contributed by atoms with Gasteiger partial charge in [0.2, 0.25) is 0 Å². The lowest BCUT2D eigenvalue weighted by atomic mass is 10.1. The van der Waals surface area contributed by atoms with E-state index >= 15 is 0 Å². The number of benzene rings is 2. The van der Waals surface area contributed by atoms with Crippen LogP contribution in [-0.2, 0) is 6.42 Å². The number of aliphatic imine (C=N–C) groups is 1. The molecule has 0 atom stereocenters. The second-order valence-electron chi connectivity index (χ2n) is 6.41. The summed E-state index contributed by atoms with van der Waals surface area (Å²) < 4.78 is 2.18. The van der Waals surface area contributed by atoms with Crippen molar-refractivity contribution in [1.82, 2.24) is 4.57 Å². The van der Waals surface area contributed by atoms with Gasteiger partial charge >= 0.3 is 5.97 Å². The van der Waals surface area contributed by atoms with Gasteiger partial charge in [-0.1, -0.05) is 30.7 Å². The van der Waals surface area contributed by atoms with Crippen LogP contribution in [0.2, 0.25) is 5.02 Å². The second kappa shape index (κ2) is 7.80. The smallest absolute Gasteiger partial charge is 0.335 e. The van der Waals surface area contributed by atoms with Crippen molar-refractivity contribution in [3.05, 3.63) is 81.6 Å². The van der Waals surface area contributed by atoms with Gasteiger partial charge in [0.05, 0.1) is 16.3 Å². The molecule has 27 heavy (non-hydrogen) atoms. The monoisotopic (exact) mass is 380 g/mol. The molecule has 5 heteroatoms. The Morgan fingerprint density at radius 3 is 2.48 bits per heavy atom. The van der Waals surface area contributed by atoms with Crippen LogP contribution in [0.5, 0.6) is 0 Å². The lowest BCUT2D eigenvalue weighted by Crippen LogP contribution is -1.99. The molecular formula is C22H21ClN2O2. The molecule has 1 heterocycles. The molecule has 3 rings (SSSR count). The van der Waals surface area contributed by atoms with Gasteiger partial charge in [-0.05, 0) is 62.2 Å². The molecule has 0 bridgehead atoms. The van der Waals surface area contributed by atoms with Gasteiger partial charge in [-0.3, -0.25) is 4.99 Å². The lowest BCUT2D eigenvalue weighted by Gasteiger charge is -2.10. The Bertz CT molecular complexity index is 1020. The molecule has 0 fully saturated rings. The summed E-state index contributed by atoms with van der Waals surface area (Å²) in [6, 6.07) is 15.1. The quantitative estimate of drug-likeness (QED) is 0.572. The van der Waals surface area contributed by atoms with Crippen LogP contribution in [0.1, 0.15) is 39.8 Å². The normalized spacial score (nSPS) is 11.3. The molecule has 4 nitrogen and oxygen atoms in total. The van der Waals surface area contributed by atoms with Crippen molar-refractivity contribution in [2.24, 2.45) is 4.99 Å². The Hall–Kier alpha value is -2.85. The van der Waals surface area contributed by atoms with E-state index < -0.39 is 5.97 Å². The van der Waals surface area contributed by atoms with Gasteiger partial charge in [-0.15, -0.1) is 0 Å². The Balaban J connectivity index is 1.96. The maximum absolute atomic E-state index is 11.1. The van der Waals surface area contributed by atoms with E-state index in [0.29, 0.717) is 10.7 Å². The summed E-state index contributed by atoms with van der Waals surface area (Å²) >= 11 is 6.16. The zero-order chi connectivity index (χ0) is 19.6. The number of hydrogen-bond acceptors (Lipinski definition) is 2. The van der Waals surface area contributed by atoms with E-state index in [4.69, 9.17) is 16.7 Å². The van der Waals surface area contributed by atoms with E-state index in [2.05, 4.69) is 53.7 Å². The highest BCUT2D eigenvalue weighted by Gasteiger charge is 2.10. The van der Waals surface area contributed by atoms with Crippen LogP contribution in [-0.4, -0.2) is 21.9 Å². The number of aromatic nitrogens is 1. The van der Waals surface area contributed by atoms with Crippen molar-refractivity contribution in [3.8, 4) is 5.69 Å². The summed E-state index contributed by atoms with van der Waals surface area (Å²) in [5.74, 6) is -1.00. The van der Waals surface area contributed by atoms with Crippen molar-refractivity contribution in [2.75, 3.05) is 0 Å². The SMILES string of the molecule is CCc1ccc(-n2c(C)cc(C=Nc3cc(C(=O)O)ccc3Cl)c2C)cc1. The molecule has 2 aromatic carbocycles. The van der Waals surface area contributed by atoms with E-state index in [-0.39, 0.29) is 5.56 Å². The minimum Gasteiger partial charge on any atom is -0.478 e. The first-order chi connectivity index (χ1) is 12.9. The van der Waals surface area contributed by atoms with Crippen LogP contribution in [0, 0.1) is 13.8 Å². The highest BCUT2D eigenvalue weighted by Crippen LogP contribution is 2.27. The van der Waals surface area contributed by atoms with Crippen LogP contribution in [0.25, 0.3) is 5.69 Å². The minimum absolute atomic E-state index is 0.160. The van der Waals surface area contributed by atoms with Crippen molar-refractivity contribution in [1.29, 1.82) is 0 Å². The Morgan fingerprint density at radius 1 is 1.15 bits per heavy atom. The molecule has 0 aliphatic carbocycles. The minimum atomic E-state index is -1.00. The second-order valence-corrected chi connectivity index (χ2v) is 6.82. The highest BCUT2D eigenvalue weighted by atomic mass is 35.5. The number of aryl methyl sites for hydroxylation is 2. The number of aromatic carboxylic acids is 1. The zero-order valence-electron chi connectivity index (χ0n) is 15.5. The summed E-state index contributed by atoms with van der Waals surface area (Å²) in [7, 11) is 0. The van der Waals surface area contributed by atoms with E-state index in [0.717, 1.165) is 29.1 Å². The van der Waals surface area contributed by atoms with Gasteiger partial charge in [0.15, 0.2) is 0 Å². The fraction of sp³-hybridized carbons (Fsp3) is 0.182. The molecule has 0 amide bonds. The maximum Gasteiger partial charge on any atom is 0.335 e. The zero-order valence-corrected chi connectivity index (χ0v) is 16.3. The van der Waals surface area contributed by atoms with Gasteiger partial charge in [-0.2, -0.15) is 0 Å². The lowest BCUT2D eigenvalue weighted by molar-refractivity contribution is 0.0697. The summed E-state index contributed by atoms with van der Waals surface area (Å²) in [6.07, 6.45) is 2.74. The summed E-state index contributed by atoms with van der Waals surface area (Å²) in [4.78, 5) is 15.6. The van der Waals surface area contributed by atoms with Gasteiger partial charge in [0, 0.05) is 28.9 Å². The molecule has 0 saturated carbocycles.